The summed E-state index contributed by atoms with van der Waals surface area (Å²) in [5, 5.41) is 22.9. The largest absolute Gasteiger partial charge is 0.480 e. The Kier molecular flexibility index (Phi) is 9.30. The van der Waals surface area contributed by atoms with Gasteiger partial charge in [-0.3, -0.25) is 9.59 Å². The van der Waals surface area contributed by atoms with Gasteiger partial charge in [0.1, 0.15) is 12.1 Å². The van der Waals surface area contributed by atoms with Crippen molar-refractivity contribution in [3.8, 4) is 0 Å². The van der Waals surface area contributed by atoms with Crippen LogP contribution in [0.3, 0.4) is 0 Å². The molecule has 0 aliphatic carbocycles. The third-order valence-corrected chi connectivity index (χ3v) is 4.32. The lowest BCUT2D eigenvalue weighted by Gasteiger charge is -2.14. The van der Waals surface area contributed by atoms with Crippen LogP contribution in [0.5, 0.6) is 0 Å². The topological polar surface area (TPSA) is 89.9 Å². The Hall–Kier alpha value is -1.80. The molecule has 6 nitrogen and oxygen atoms in total. The van der Waals surface area contributed by atoms with Crippen LogP contribution in [0.1, 0.15) is 12.5 Å². The van der Waals surface area contributed by atoms with E-state index in [9.17, 15) is 9.59 Å². The van der Waals surface area contributed by atoms with Crippen molar-refractivity contribution in [3.63, 3.8) is 0 Å². The van der Waals surface area contributed by atoms with Crippen LogP contribution < -0.4 is 5.32 Å². The van der Waals surface area contributed by atoms with Crippen LogP contribution in [0.4, 0.5) is 5.00 Å². The monoisotopic (exact) mass is 404 g/mol. The van der Waals surface area contributed by atoms with Gasteiger partial charge in [-0.2, -0.15) is 0 Å². The van der Waals surface area contributed by atoms with E-state index >= 15 is 0 Å². The van der Waals surface area contributed by atoms with Crippen molar-refractivity contribution in [2.45, 2.75) is 25.4 Å². The number of halogens is 2. The Labute approximate surface area is 159 Å². The Bertz CT molecular complexity index is 653. The van der Waals surface area contributed by atoms with E-state index in [0.29, 0.717) is 3.94 Å². The SMILES string of the molecule is C[C@H](Nc1cccs1)C(=O)O.O=C(O)[C@H](Cc1ccccc1)N(Cl)Cl. The van der Waals surface area contributed by atoms with Crippen molar-refractivity contribution < 1.29 is 19.8 Å². The molecule has 0 aliphatic heterocycles. The highest BCUT2D eigenvalue weighted by atomic mass is 35.5. The van der Waals surface area contributed by atoms with Crippen LogP contribution in [-0.4, -0.2) is 38.2 Å². The van der Waals surface area contributed by atoms with Gasteiger partial charge in [0.25, 0.3) is 0 Å². The number of nitrogens with one attached hydrogen (secondary N) is 1. The first-order chi connectivity index (χ1) is 11.8. The molecule has 0 spiro atoms. The second kappa shape index (κ2) is 10.9. The fourth-order valence-electron chi connectivity index (χ4n) is 1.71. The lowest BCUT2D eigenvalue weighted by atomic mass is 10.1. The zero-order valence-electron chi connectivity index (χ0n) is 13.3. The van der Waals surface area contributed by atoms with E-state index in [1.54, 1.807) is 6.92 Å². The van der Waals surface area contributed by atoms with Gasteiger partial charge in [0, 0.05) is 6.42 Å². The number of aliphatic carboxylic acids is 2. The van der Waals surface area contributed by atoms with E-state index in [1.165, 1.54) is 11.3 Å². The van der Waals surface area contributed by atoms with Crippen molar-refractivity contribution in [1.82, 2.24) is 3.94 Å². The molecule has 1 aromatic heterocycles. The molecule has 0 saturated heterocycles. The first kappa shape index (κ1) is 21.2. The summed E-state index contributed by atoms with van der Waals surface area (Å²) in [5.74, 6) is -1.88. The van der Waals surface area contributed by atoms with Gasteiger partial charge in [-0.1, -0.05) is 30.3 Å². The number of carboxylic acid groups (broad SMARTS) is 2. The van der Waals surface area contributed by atoms with E-state index in [4.69, 9.17) is 33.8 Å². The summed E-state index contributed by atoms with van der Waals surface area (Å²) in [5.41, 5.74) is 0.881. The molecule has 2 rings (SSSR count). The van der Waals surface area contributed by atoms with Crippen molar-refractivity contribution in [1.29, 1.82) is 0 Å². The summed E-state index contributed by atoms with van der Waals surface area (Å²) < 4.78 is 0.662. The number of rotatable bonds is 7. The second-order valence-corrected chi connectivity index (χ2v) is 6.83. The number of carbonyl (C=O) groups is 2. The first-order valence-corrected chi connectivity index (χ1v) is 8.77. The Morgan fingerprint density at radius 1 is 1.12 bits per heavy atom. The quantitative estimate of drug-likeness (QED) is 0.605. The van der Waals surface area contributed by atoms with Gasteiger partial charge < -0.3 is 15.5 Å². The Morgan fingerprint density at radius 3 is 2.20 bits per heavy atom. The summed E-state index contributed by atoms with van der Waals surface area (Å²) in [4.78, 5) is 21.1. The maximum atomic E-state index is 10.7. The fraction of sp³-hybridized carbons (Fsp3) is 0.250. The molecule has 9 heteroatoms. The van der Waals surface area contributed by atoms with E-state index in [-0.39, 0.29) is 6.42 Å². The molecule has 2 aromatic rings. The lowest BCUT2D eigenvalue weighted by molar-refractivity contribution is -0.140. The number of benzene rings is 1. The number of thiophene rings is 1. The standard InChI is InChI=1S/C9H9Cl2NO2.C7H9NO2S/c10-12(11)8(9(13)14)6-7-4-2-1-3-5-7;1-5(7(9)10)8-6-3-2-4-11-6/h1-5,8H,6H2,(H,13,14);2-5,8H,1H3,(H,9,10)/t8-;5-/m00/s1. The second-order valence-electron chi connectivity index (χ2n) is 4.98. The average Bonchev–Trinajstić information content (AvgIpc) is 3.06. The van der Waals surface area contributed by atoms with Gasteiger partial charge in [0.2, 0.25) is 0 Å². The van der Waals surface area contributed by atoms with Crippen molar-refractivity contribution in [2.24, 2.45) is 0 Å². The van der Waals surface area contributed by atoms with Gasteiger partial charge in [-0.05, 0) is 53.6 Å². The molecule has 1 heterocycles. The summed E-state index contributed by atoms with van der Waals surface area (Å²) in [6.45, 7) is 1.61. The van der Waals surface area contributed by atoms with Gasteiger partial charge in [-0.15, -0.1) is 15.3 Å². The molecule has 136 valence electrons. The number of carboxylic acids is 2. The normalized spacial score (nSPS) is 12.6. The van der Waals surface area contributed by atoms with Crippen LogP contribution >= 0.6 is 34.9 Å². The summed E-state index contributed by atoms with van der Waals surface area (Å²) in [6.07, 6.45) is 0.281. The fourth-order valence-corrected chi connectivity index (χ4v) is 2.72. The summed E-state index contributed by atoms with van der Waals surface area (Å²) in [6, 6.07) is 11.5. The van der Waals surface area contributed by atoms with Gasteiger partial charge in [-0.25, -0.2) is 0 Å². The molecule has 0 amide bonds. The van der Waals surface area contributed by atoms with Crippen molar-refractivity contribution in [2.75, 3.05) is 5.32 Å². The minimum atomic E-state index is -1.04. The van der Waals surface area contributed by atoms with E-state index in [1.807, 2.05) is 47.8 Å². The highest BCUT2D eigenvalue weighted by molar-refractivity contribution is 7.14. The average molecular weight is 405 g/mol. The van der Waals surface area contributed by atoms with Crippen molar-refractivity contribution >= 4 is 51.8 Å². The number of hydrogen-bond acceptors (Lipinski definition) is 5. The minimum absolute atomic E-state index is 0.281. The molecule has 0 fully saturated rings. The molecule has 25 heavy (non-hydrogen) atoms. The molecule has 0 aliphatic rings. The molecular formula is C16H18Cl2N2O4S. The van der Waals surface area contributed by atoms with Gasteiger partial charge in [0.05, 0.1) is 5.00 Å². The third-order valence-electron chi connectivity index (χ3n) is 3.04. The molecular weight excluding hydrogens is 387 g/mol. The van der Waals surface area contributed by atoms with E-state index < -0.39 is 24.0 Å². The highest BCUT2D eigenvalue weighted by Crippen LogP contribution is 2.16. The molecule has 1 aromatic carbocycles. The van der Waals surface area contributed by atoms with E-state index in [0.717, 1.165) is 10.6 Å². The molecule has 0 bridgehead atoms. The molecule has 0 saturated carbocycles. The van der Waals surface area contributed by atoms with Crippen LogP contribution in [-0.2, 0) is 16.0 Å². The van der Waals surface area contributed by atoms with Gasteiger partial charge >= 0.3 is 11.9 Å². The smallest absolute Gasteiger partial charge is 0.325 e. The van der Waals surface area contributed by atoms with Gasteiger partial charge in [0.15, 0.2) is 0 Å². The van der Waals surface area contributed by atoms with Crippen LogP contribution in [0, 0.1) is 0 Å². The Balaban J connectivity index is 0.000000257. The minimum Gasteiger partial charge on any atom is -0.480 e. The van der Waals surface area contributed by atoms with Crippen LogP contribution in [0.2, 0.25) is 0 Å². The van der Waals surface area contributed by atoms with Crippen LogP contribution in [0.25, 0.3) is 0 Å². The molecule has 2 atom stereocenters. The number of nitrogens with zero attached hydrogens (tertiary/aromatic N) is 1. The molecule has 3 N–H and O–H groups in total. The molecule has 0 unspecified atom stereocenters. The first-order valence-electron chi connectivity index (χ1n) is 7.21. The zero-order valence-corrected chi connectivity index (χ0v) is 15.6. The third kappa shape index (κ3) is 8.22. The molecule has 0 radical (unpaired) electrons. The lowest BCUT2D eigenvalue weighted by Crippen LogP contribution is -2.31. The maximum Gasteiger partial charge on any atom is 0.325 e. The summed E-state index contributed by atoms with van der Waals surface area (Å²) in [7, 11) is 0. The zero-order chi connectivity index (χ0) is 18.8. The predicted octanol–water partition coefficient (Wildman–Crippen LogP) is 3.93. The van der Waals surface area contributed by atoms with E-state index in [2.05, 4.69) is 5.32 Å². The summed E-state index contributed by atoms with van der Waals surface area (Å²) >= 11 is 12.3. The van der Waals surface area contributed by atoms with Crippen LogP contribution in [0.15, 0.2) is 47.8 Å². The predicted molar refractivity (Wildman–Crippen MR) is 100 cm³/mol. The van der Waals surface area contributed by atoms with Crippen molar-refractivity contribution in [3.05, 3.63) is 53.4 Å². The highest BCUT2D eigenvalue weighted by Gasteiger charge is 2.23. The number of anilines is 1. The number of hydrogen-bond donors (Lipinski definition) is 3. The Morgan fingerprint density at radius 2 is 1.76 bits per heavy atom. The maximum absolute atomic E-state index is 10.7.